The fourth-order valence-corrected chi connectivity index (χ4v) is 2.68. The first-order chi connectivity index (χ1) is 12.3. The second-order valence-corrected chi connectivity index (χ2v) is 6.61. The third-order valence-corrected chi connectivity index (χ3v) is 3.99. The summed E-state index contributed by atoms with van der Waals surface area (Å²) in [4.78, 5) is 12.4. The Balaban J connectivity index is 2.04. The Morgan fingerprint density at radius 3 is 2.35 bits per heavy atom. The van der Waals surface area contributed by atoms with Crippen LogP contribution in [0, 0.1) is 5.92 Å². The average molecular weight is 361 g/mol. The number of ether oxygens (including phenoxy) is 2. The molecule has 2 N–H and O–H groups in total. The number of nitrogens with one attached hydrogen (secondary N) is 1. The van der Waals surface area contributed by atoms with Crippen molar-refractivity contribution in [3.05, 3.63) is 41.2 Å². The van der Waals surface area contributed by atoms with Gasteiger partial charge in [-0.05, 0) is 36.1 Å². The Hall–Kier alpha value is -2.54. The molecule has 0 aliphatic rings. The Kier molecular flexibility index (Phi) is 6.63. The molecule has 0 fully saturated rings. The van der Waals surface area contributed by atoms with Gasteiger partial charge in [-0.15, -0.1) is 0 Å². The molecule has 7 nitrogen and oxygen atoms in total. The number of hydrogen-bond acceptors (Lipinski definition) is 5. The summed E-state index contributed by atoms with van der Waals surface area (Å²) < 4.78 is 12.0. The van der Waals surface area contributed by atoms with Gasteiger partial charge < -0.3 is 19.9 Å². The molecular formula is C19H27N3O4. The standard InChI is InChI=1S/C19H27N3O4/c1-12(2)6-14-9-17(22(3)21-14)19(24)20-11-18(23)13-7-15(25-4)10-16(8-13)26-5/h7-10,12,18,23H,6,11H2,1-5H3,(H,20,24)/t18-/m0/s1. The van der Waals surface area contributed by atoms with Gasteiger partial charge >= 0.3 is 0 Å². The number of aliphatic hydroxyl groups is 1. The molecule has 0 saturated carbocycles. The summed E-state index contributed by atoms with van der Waals surface area (Å²) in [6, 6.07) is 6.94. The Morgan fingerprint density at radius 2 is 1.81 bits per heavy atom. The first-order valence-electron chi connectivity index (χ1n) is 8.56. The summed E-state index contributed by atoms with van der Waals surface area (Å²) in [7, 11) is 4.83. The predicted octanol–water partition coefficient (Wildman–Crippen LogP) is 2.10. The molecule has 0 aliphatic carbocycles. The van der Waals surface area contributed by atoms with E-state index in [-0.39, 0.29) is 12.5 Å². The number of benzene rings is 1. The van der Waals surface area contributed by atoms with Crippen molar-refractivity contribution < 1.29 is 19.4 Å². The van der Waals surface area contributed by atoms with E-state index in [2.05, 4.69) is 24.3 Å². The SMILES string of the molecule is COc1cc(OC)cc([C@@H](O)CNC(=O)c2cc(CC(C)C)nn2C)c1. The van der Waals surface area contributed by atoms with Crippen LogP contribution in [0.5, 0.6) is 11.5 Å². The van der Waals surface area contributed by atoms with Crippen molar-refractivity contribution in [2.75, 3.05) is 20.8 Å². The summed E-state index contributed by atoms with van der Waals surface area (Å²) in [5.74, 6) is 1.35. The van der Waals surface area contributed by atoms with Crippen LogP contribution in [0.3, 0.4) is 0 Å². The third kappa shape index (κ3) is 4.98. The van der Waals surface area contributed by atoms with Gasteiger partial charge in [-0.1, -0.05) is 13.8 Å². The lowest BCUT2D eigenvalue weighted by atomic mass is 10.1. The lowest BCUT2D eigenvalue weighted by molar-refractivity contribution is 0.0907. The van der Waals surface area contributed by atoms with Gasteiger partial charge in [0, 0.05) is 19.7 Å². The van der Waals surface area contributed by atoms with Crippen LogP contribution in [0.15, 0.2) is 24.3 Å². The van der Waals surface area contributed by atoms with Crippen molar-refractivity contribution >= 4 is 5.91 Å². The van der Waals surface area contributed by atoms with Gasteiger partial charge in [0.25, 0.3) is 5.91 Å². The largest absolute Gasteiger partial charge is 0.497 e. The Morgan fingerprint density at radius 1 is 1.19 bits per heavy atom. The minimum atomic E-state index is -0.883. The Labute approximate surface area is 153 Å². The zero-order valence-electron chi connectivity index (χ0n) is 15.9. The average Bonchev–Trinajstić information content (AvgIpc) is 2.98. The molecule has 7 heteroatoms. The van der Waals surface area contributed by atoms with E-state index in [4.69, 9.17) is 9.47 Å². The number of aromatic nitrogens is 2. The summed E-state index contributed by atoms with van der Waals surface area (Å²) in [6.45, 7) is 4.28. The van der Waals surface area contributed by atoms with Crippen molar-refractivity contribution in [2.45, 2.75) is 26.4 Å². The summed E-state index contributed by atoms with van der Waals surface area (Å²) in [5.41, 5.74) is 1.95. The van der Waals surface area contributed by atoms with Crippen LogP contribution in [0.4, 0.5) is 0 Å². The summed E-state index contributed by atoms with van der Waals surface area (Å²) in [6.07, 6.45) is -0.0702. The minimum absolute atomic E-state index is 0.0693. The molecular weight excluding hydrogens is 334 g/mol. The molecule has 2 aromatic rings. The van der Waals surface area contributed by atoms with E-state index in [0.29, 0.717) is 28.7 Å². The zero-order valence-corrected chi connectivity index (χ0v) is 15.9. The lowest BCUT2D eigenvalue weighted by Crippen LogP contribution is -2.29. The number of rotatable bonds is 8. The highest BCUT2D eigenvalue weighted by molar-refractivity contribution is 5.92. The number of nitrogens with zero attached hydrogens (tertiary/aromatic N) is 2. The van der Waals surface area contributed by atoms with Crippen molar-refractivity contribution in [1.29, 1.82) is 0 Å². The number of aryl methyl sites for hydroxylation is 1. The molecule has 26 heavy (non-hydrogen) atoms. The van der Waals surface area contributed by atoms with Crippen LogP contribution in [0.25, 0.3) is 0 Å². The van der Waals surface area contributed by atoms with E-state index < -0.39 is 6.10 Å². The van der Waals surface area contributed by atoms with Crippen LogP contribution >= 0.6 is 0 Å². The van der Waals surface area contributed by atoms with E-state index in [1.165, 1.54) is 0 Å². The first-order valence-corrected chi connectivity index (χ1v) is 8.56. The first kappa shape index (κ1) is 19.8. The second kappa shape index (κ2) is 8.71. The maximum Gasteiger partial charge on any atom is 0.269 e. The predicted molar refractivity (Wildman–Crippen MR) is 98.6 cm³/mol. The van der Waals surface area contributed by atoms with Crippen LogP contribution in [-0.4, -0.2) is 41.6 Å². The van der Waals surface area contributed by atoms with Gasteiger partial charge in [-0.3, -0.25) is 9.48 Å². The molecule has 1 aromatic carbocycles. The second-order valence-electron chi connectivity index (χ2n) is 6.61. The number of aliphatic hydroxyl groups excluding tert-OH is 1. The molecule has 1 aromatic heterocycles. The van der Waals surface area contributed by atoms with E-state index in [9.17, 15) is 9.90 Å². The monoisotopic (exact) mass is 361 g/mol. The molecule has 2 rings (SSSR count). The number of methoxy groups -OCH3 is 2. The van der Waals surface area contributed by atoms with Gasteiger partial charge in [0.2, 0.25) is 0 Å². The Bertz CT molecular complexity index is 733. The maximum absolute atomic E-state index is 12.4. The topological polar surface area (TPSA) is 85.6 Å². The van der Waals surface area contributed by atoms with Crippen molar-refractivity contribution in [3.8, 4) is 11.5 Å². The highest BCUT2D eigenvalue weighted by atomic mass is 16.5. The molecule has 1 atom stereocenters. The number of amides is 1. The third-order valence-electron chi connectivity index (χ3n) is 3.99. The van der Waals surface area contributed by atoms with Gasteiger partial charge in [0.05, 0.1) is 26.0 Å². The molecule has 142 valence electrons. The van der Waals surface area contributed by atoms with Gasteiger partial charge in [0.1, 0.15) is 17.2 Å². The minimum Gasteiger partial charge on any atom is -0.497 e. The van der Waals surface area contributed by atoms with Gasteiger partial charge in [-0.2, -0.15) is 5.10 Å². The molecule has 0 saturated heterocycles. The highest BCUT2D eigenvalue weighted by Gasteiger charge is 2.17. The van der Waals surface area contributed by atoms with E-state index in [1.807, 2.05) is 0 Å². The van der Waals surface area contributed by atoms with Crippen molar-refractivity contribution in [3.63, 3.8) is 0 Å². The zero-order chi connectivity index (χ0) is 19.3. The van der Waals surface area contributed by atoms with Gasteiger partial charge in [-0.25, -0.2) is 0 Å². The highest BCUT2D eigenvalue weighted by Crippen LogP contribution is 2.26. The molecule has 0 bridgehead atoms. The normalized spacial score (nSPS) is 12.1. The smallest absolute Gasteiger partial charge is 0.269 e. The maximum atomic E-state index is 12.4. The van der Waals surface area contributed by atoms with Crippen molar-refractivity contribution in [2.24, 2.45) is 13.0 Å². The quantitative estimate of drug-likeness (QED) is 0.752. The number of carbonyl (C=O) groups excluding carboxylic acids is 1. The fraction of sp³-hybridized carbons (Fsp3) is 0.474. The van der Waals surface area contributed by atoms with Gasteiger partial charge in [0.15, 0.2) is 0 Å². The van der Waals surface area contributed by atoms with E-state index in [1.54, 1.807) is 50.2 Å². The molecule has 0 spiro atoms. The molecule has 0 radical (unpaired) electrons. The number of carbonyl (C=O) groups is 1. The van der Waals surface area contributed by atoms with Crippen molar-refractivity contribution in [1.82, 2.24) is 15.1 Å². The van der Waals surface area contributed by atoms with E-state index in [0.717, 1.165) is 12.1 Å². The molecule has 0 unspecified atom stereocenters. The summed E-state index contributed by atoms with van der Waals surface area (Å²) in [5, 5.41) is 17.5. The lowest BCUT2D eigenvalue weighted by Gasteiger charge is -2.14. The summed E-state index contributed by atoms with van der Waals surface area (Å²) >= 11 is 0. The van der Waals surface area contributed by atoms with Crippen LogP contribution in [0.1, 0.15) is 41.7 Å². The van der Waals surface area contributed by atoms with E-state index >= 15 is 0 Å². The molecule has 1 heterocycles. The van der Waals surface area contributed by atoms with Crippen LogP contribution in [-0.2, 0) is 13.5 Å². The number of hydrogen-bond donors (Lipinski definition) is 2. The fourth-order valence-electron chi connectivity index (χ4n) is 2.68. The molecule has 0 aliphatic heterocycles. The van der Waals surface area contributed by atoms with Crippen LogP contribution < -0.4 is 14.8 Å². The van der Waals surface area contributed by atoms with Crippen LogP contribution in [0.2, 0.25) is 0 Å². The molecule has 1 amide bonds.